The number of H-pyrrole nitrogens is 1. The number of carbonyl (C=O) groups is 1. The Bertz CT molecular complexity index is 986. The summed E-state index contributed by atoms with van der Waals surface area (Å²) in [5.41, 5.74) is 2.00. The van der Waals surface area contributed by atoms with Crippen LogP contribution in [0.4, 0.5) is 4.39 Å². The van der Waals surface area contributed by atoms with Crippen molar-refractivity contribution in [2.75, 3.05) is 33.2 Å². The van der Waals surface area contributed by atoms with Gasteiger partial charge in [0.1, 0.15) is 23.6 Å². The number of hydrogen-bond donors (Lipinski definition) is 3. The lowest BCUT2D eigenvalue weighted by atomic mass is 9.89. The molecule has 0 bridgehead atoms. The van der Waals surface area contributed by atoms with Crippen LogP contribution >= 0.6 is 0 Å². The minimum atomic E-state index is -0.320. The number of nitrogens with one attached hydrogen (secondary N) is 2. The molecule has 0 unspecified atom stereocenters. The van der Waals surface area contributed by atoms with Gasteiger partial charge in [-0.25, -0.2) is 4.39 Å². The number of hydrogen-bond acceptors (Lipinski definition) is 5. The zero-order valence-electron chi connectivity index (χ0n) is 18.6. The SMILES string of the molecule is CN=C(/C=N\O)N1CCN([C@H]2CCC[C@@H](NC(=O)c3cc4c(F)ccc(C)c4[nH]3)C2)CC1. The maximum Gasteiger partial charge on any atom is 0.267 e. The fourth-order valence-electron chi connectivity index (χ4n) is 4.99. The topological polar surface area (TPSA) is 96.3 Å². The van der Waals surface area contributed by atoms with E-state index in [0.29, 0.717) is 28.5 Å². The molecular weight excluding hydrogens is 411 g/mol. The molecule has 1 amide bonds. The first-order valence-electron chi connectivity index (χ1n) is 11.2. The van der Waals surface area contributed by atoms with E-state index in [4.69, 9.17) is 5.21 Å². The first-order chi connectivity index (χ1) is 15.5. The van der Waals surface area contributed by atoms with Crippen molar-refractivity contribution in [2.24, 2.45) is 10.1 Å². The van der Waals surface area contributed by atoms with Gasteiger partial charge in [0, 0.05) is 50.7 Å². The summed E-state index contributed by atoms with van der Waals surface area (Å²) in [6, 6.07) is 5.28. The molecule has 3 N–H and O–H groups in total. The Morgan fingerprint density at radius 2 is 2.06 bits per heavy atom. The summed E-state index contributed by atoms with van der Waals surface area (Å²) in [5, 5.41) is 15.5. The lowest BCUT2D eigenvalue weighted by molar-refractivity contribution is 0.0826. The molecule has 1 saturated carbocycles. The van der Waals surface area contributed by atoms with Gasteiger partial charge in [-0.05, 0) is 50.3 Å². The lowest BCUT2D eigenvalue weighted by Crippen LogP contribution is -2.54. The van der Waals surface area contributed by atoms with Crippen LogP contribution in [0.15, 0.2) is 28.3 Å². The number of rotatable bonds is 4. The van der Waals surface area contributed by atoms with Gasteiger partial charge in [0.05, 0.1) is 5.52 Å². The number of aromatic nitrogens is 1. The highest BCUT2D eigenvalue weighted by Gasteiger charge is 2.30. The Morgan fingerprint density at radius 1 is 1.28 bits per heavy atom. The molecule has 1 aliphatic heterocycles. The standard InChI is InChI=1S/C23H31FN6O2/c1-15-6-7-19(24)18-13-20(28-22(15)18)23(31)27-16-4-3-5-17(12-16)29-8-10-30(11-9-29)21(25-2)14-26-32/h6-7,13-14,16-17,28,32H,3-5,8-12H2,1-2H3,(H,27,31)/b25-21?,26-14-/t16-,17+/m1/s1. The second kappa shape index (κ2) is 9.68. The van der Waals surface area contributed by atoms with E-state index >= 15 is 0 Å². The molecule has 9 heteroatoms. The zero-order valence-corrected chi connectivity index (χ0v) is 18.6. The van der Waals surface area contributed by atoms with E-state index in [1.165, 1.54) is 12.3 Å². The highest BCUT2D eigenvalue weighted by Crippen LogP contribution is 2.26. The molecule has 2 aliphatic rings. The average molecular weight is 443 g/mol. The number of halogens is 1. The van der Waals surface area contributed by atoms with E-state index in [0.717, 1.165) is 57.4 Å². The van der Waals surface area contributed by atoms with E-state index in [2.05, 4.69) is 30.2 Å². The number of aromatic amines is 1. The molecule has 172 valence electrons. The summed E-state index contributed by atoms with van der Waals surface area (Å²) in [6.07, 6.45) is 5.42. The summed E-state index contributed by atoms with van der Waals surface area (Å²) >= 11 is 0. The molecule has 0 spiro atoms. The highest BCUT2D eigenvalue weighted by atomic mass is 19.1. The van der Waals surface area contributed by atoms with Crippen LogP contribution in [-0.4, -0.2) is 83.3 Å². The normalized spacial score (nSPS) is 23.2. The predicted molar refractivity (Wildman–Crippen MR) is 123 cm³/mol. The van der Waals surface area contributed by atoms with Crippen LogP contribution in [0.1, 0.15) is 41.7 Å². The quantitative estimate of drug-likeness (QED) is 0.294. The van der Waals surface area contributed by atoms with Crippen molar-refractivity contribution < 1.29 is 14.4 Å². The molecule has 2 fully saturated rings. The third kappa shape index (κ3) is 4.62. The molecular formula is C23H31FN6O2. The largest absolute Gasteiger partial charge is 0.411 e. The maximum atomic E-state index is 14.1. The molecule has 2 atom stereocenters. The van der Waals surface area contributed by atoms with Crippen LogP contribution in [0.3, 0.4) is 0 Å². The van der Waals surface area contributed by atoms with Gasteiger partial charge >= 0.3 is 0 Å². The van der Waals surface area contributed by atoms with Crippen molar-refractivity contribution >= 4 is 28.9 Å². The summed E-state index contributed by atoms with van der Waals surface area (Å²) in [6.45, 7) is 5.37. The van der Waals surface area contributed by atoms with Crippen LogP contribution in [0.5, 0.6) is 0 Å². The van der Waals surface area contributed by atoms with Crippen molar-refractivity contribution in [1.82, 2.24) is 20.1 Å². The molecule has 1 aromatic heterocycles. The summed E-state index contributed by atoms with van der Waals surface area (Å²) in [4.78, 5) is 24.7. The number of oxime groups is 1. The van der Waals surface area contributed by atoms with Crippen LogP contribution in [-0.2, 0) is 0 Å². The molecule has 1 aliphatic carbocycles. The summed E-state index contributed by atoms with van der Waals surface area (Å²) < 4.78 is 14.1. The fourth-order valence-corrected chi connectivity index (χ4v) is 4.99. The van der Waals surface area contributed by atoms with Gasteiger partial charge in [-0.1, -0.05) is 11.2 Å². The predicted octanol–water partition coefficient (Wildman–Crippen LogP) is 2.76. The number of benzene rings is 1. The molecule has 8 nitrogen and oxygen atoms in total. The van der Waals surface area contributed by atoms with Gasteiger partial charge in [-0.2, -0.15) is 0 Å². The molecule has 1 saturated heterocycles. The first-order valence-corrected chi connectivity index (χ1v) is 11.2. The number of aliphatic imine (C=N–C) groups is 1. The van der Waals surface area contributed by atoms with Crippen molar-refractivity contribution in [3.8, 4) is 0 Å². The van der Waals surface area contributed by atoms with Gasteiger partial charge < -0.3 is 20.4 Å². The molecule has 32 heavy (non-hydrogen) atoms. The number of amidine groups is 1. The minimum absolute atomic E-state index is 0.103. The monoisotopic (exact) mass is 442 g/mol. The molecule has 0 radical (unpaired) electrons. The summed E-state index contributed by atoms with van der Waals surface area (Å²) in [7, 11) is 1.70. The lowest BCUT2D eigenvalue weighted by Gasteiger charge is -2.42. The van der Waals surface area contributed by atoms with Gasteiger partial charge in [-0.15, -0.1) is 0 Å². The van der Waals surface area contributed by atoms with Crippen LogP contribution < -0.4 is 5.32 Å². The Morgan fingerprint density at radius 3 is 2.75 bits per heavy atom. The highest BCUT2D eigenvalue weighted by molar-refractivity contribution is 6.29. The molecule has 2 heterocycles. The van der Waals surface area contributed by atoms with Crippen molar-refractivity contribution in [3.05, 3.63) is 35.3 Å². The van der Waals surface area contributed by atoms with E-state index < -0.39 is 0 Å². The second-order valence-corrected chi connectivity index (χ2v) is 8.68. The number of aryl methyl sites for hydroxylation is 1. The number of amides is 1. The Balaban J connectivity index is 1.35. The molecule has 2 aromatic rings. The van der Waals surface area contributed by atoms with Crippen molar-refractivity contribution in [1.29, 1.82) is 0 Å². The van der Waals surface area contributed by atoms with Gasteiger partial charge in [0.15, 0.2) is 0 Å². The van der Waals surface area contributed by atoms with Crippen molar-refractivity contribution in [2.45, 2.75) is 44.7 Å². The number of piperazine rings is 1. The Labute approximate surface area is 187 Å². The fraction of sp³-hybridized carbons (Fsp3) is 0.522. The number of carbonyl (C=O) groups excluding carboxylic acids is 1. The van der Waals surface area contributed by atoms with Crippen LogP contribution in [0.2, 0.25) is 0 Å². The van der Waals surface area contributed by atoms with E-state index in [9.17, 15) is 9.18 Å². The summed E-state index contributed by atoms with van der Waals surface area (Å²) in [5.74, 6) is 0.188. The Kier molecular flexibility index (Phi) is 6.74. The average Bonchev–Trinajstić information content (AvgIpc) is 3.28. The third-order valence-corrected chi connectivity index (χ3v) is 6.73. The van der Waals surface area contributed by atoms with E-state index in [1.54, 1.807) is 19.2 Å². The first kappa shape index (κ1) is 22.3. The third-order valence-electron chi connectivity index (χ3n) is 6.73. The van der Waals surface area contributed by atoms with Gasteiger partial charge in [0.25, 0.3) is 5.91 Å². The van der Waals surface area contributed by atoms with Crippen LogP contribution in [0.25, 0.3) is 10.9 Å². The minimum Gasteiger partial charge on any atom is -0.411 e. The van der Waals surface area contributed by atoms with Crippen LogP contribution in [0, 0.1) is 12.7 Å². The Hall–Kier alpha value is -2.94. The smallest absolute Gasteiger partial charge is 0.267 e. The maximum absolute atomic E-state index is 14.1. The van der Waals surface area contributed by atoms with Gasteiger partial charge in [0.2, 0.25) is 0 Å². The van der Waals surface area contributed by atoms with E-state index in [-0.39, 0.29) is 17.8 Å². The number of fused-ring (bicyclic) bond motifs is 1. The number of nitrogens with zero attached hydrogens (tertiary/aromatic N) is 4. The zero-order chi connectivity index (χ0) is 22.7. The molecule has 4 rings (SSSR count). The molecule has 1 aromatic carbocycles. The van der Waals surface area contributed by atoms with E-state index in [1.807, 2.05) is 6.92 Å². The van der Waals surface area contributed by atoms with Crippen molar-refractivity contribution in [3.63, 3.8) is 0 Å². The second-order valence-electron chi connectivity index (χ2n) is 8.68. The van der Waals surface area contributed by atoms with Gasteiger partial charge in [-0.3, -0.25) is 14.7 Å².